The van der Waals surface area contributed by atoms with Crippen molar-refractivity contribution < 1.29 is 19.1 Å². The second kappa shape index (κ2) is 9.36. The Kier molecular flexibility index (Phi) is 6.92. The highest BCUT2D eigenvalue weighted by Crippen LogP contribution is 2.20. The van der Waals surface area contributed by atoms with E-state index >= 15 is 0 Å². The number of anilines is 1. The Morgan fingerprint density at radius 3 is 2.67 bits per heavy atom. The molecular formula is C19H16ClN3O4. The number of ether oxygens (including phenoxy) is 1. The average molecular weight is 386 g/mol. The first-order chi connectivity index (χ1) is 12.9. The van der Waals surface area contributed by atoms with Crippen molar-refractivity contribution in [3.05, 3.63) is 64.2 Å². The van der Waals surface area contributed by atoms with Crippen LogP contribution in [0.2, 0.25) is 5.02 Å². The third-order valence-corrected chi connectivity index (χ3v) is 3.65. The van der Waals surface area contributed by atoms with E-state index in [1.54, 1.807) is 18.2 Å². The first kappa shape index (κ1) is 19.9. The number of amides is 2. The SMILES string of the molecule is Cc1cccc(C(=O)NCC(=O)OCC(=O)Nc2cc(Cl)ccc2C#N)c1. The number of nitriles is 1. The van der Waals surface area contributed by atoms with E-state index in [0.29, 0.717) is 10.6 Å². The summed E-state index contributed by atoms with van der Waals surface area (Å²) in [4.78, 5) is 35.5. The third-order valence-electron chi connectivity index (χ3n) is 3.41. The molecule has 0 aromatic heterocycles. The van der Waals surface area contributed by atoms with Crippen molar-refractivity contribution in [3.63, 3.8) is 0 Å². The van der Waals surface area contributed by atoms with Crippen LogP contribution < -0.4 is 10.6 Å². The van der Waals surface area contributed by atoms with Gasteiger partial charge in [0.05, 0.1) is 11.3 Å². The summed E-state index contributed by atoms with van der Waals surface area (Å²) >= 11 is 5.83. The molecule has 0 aliphatic rings. The summed E-state index contributed by atoms with van der Waals surface area (Å²) in [7, 11) is 0. The van der Waals surface area contributed by atoms with Crippen LogP contribution in [0.15, 0.2) is 42.5 Å². The molecule has 2 aromatic rings. The number of halogens is 1. The summed E-state index contributed by atoms with van der Waals surface area (Å²) < 4.78 is 4.81. The van der Waals surface area contributed by atoms with E-state index in [0.717, 1.165) is 5.56 Å². The Hall–Kier alpha value is -3.37. The van der Waals surface area contributed by atoms with Crippen molar-refractivity contribution in [2.75, 3.05) is 18.5 Å². The lowest BCUT2D eigenvalue weighted by Gasteiger charge is -2.09. The maximum absolute atomic E-state index is 11.9. The van der Waals surface area contributed by atoms with Crippen LogP contribution >= 0.6 is 11.6 Å². The van der Waals surface area contributed by atoms with Gasteiger partial charge in [-0.1, -0.05) is 29.3 Å². The number of nitrogens with one attached hydrogen (secondary N) is 2. The van der Waals surface area contributed by atoms with E-state index in [4.69, 9.17) is 21.6 Å². The molecule has 0 unspecified atom stereocenters. The average Bonchev–Trinajstić information content (AvgIpc) is 2.64. The molecule has 2 rings (SSSR count). The van der Waals surface area contributed by atoms with Crippen LogP contribution in [0.3, 0.4) is 0 Å². The molecule has 0 heterocycles. The monoisotopic (exact) mass is 385 g/mol. The number of hydrogen-bond acceptors (Lipinski definition) is 5. The highest BCUT2D eigenvalue weighted by Gasteiger charge is 2.12. The highest BCUT2D eigenvalue weighted by molar-refractivity contribution is 6.31. The van der Waals surface area contributed by atoms with E-state index in [9.17, 15) is 14.4 Å². The molecular weight excluding hydrogens is 370 g/mol. The summed E-state index contributed by atoms with van der Waals surface area (Å²) in [5.41, 5.74) is 1.79. The molecule has 0 spiro atoms. The molecule has 8 heteroatoms. The number of aryl methyl sites for hydroxylation is 1. The number of carbonyl (C=O) groups is 3. The molecule has 2 N–H and O–H groups in total. The van der Waals surface area contributed by atoms with Gasteiger partial charge in [-0.05, 0) is 37.3 Å². The van der Waals surface area contributed by atoms with Gasteiger partial charge in [-0.25, -0.2) is 0 Å². The van der Waals surface area contributed by atoms with E-state index in [2.05, 4.69) is 10.6 Å². The minimum Gasteiger partial charge on any atom is -0.454 e. The topological polar surface area (TPSA) is 108 Å². The number of esters is 1. The summed E-state index contributed by atoms with van der Waals surface area (Å²) in [6.45, 7) is 0.915. The van der Waals surface area contributed by atoms with Gasteiger partial charge in [0.15, 0.2) is 6.61 Å². The first-order valence-electron chi connectivity index (χ1n) is 7.89. The highest BCUT2D eigenvalue weighted by atomic mass is 35.5. The third kappa shape index (κ3) is 6.13. The van der Waals surface area contributed by atoms with Crippen LogP contribution in [0.1, 0.15) is 21.5 Å². The molecule has 2 aromatic carbocycles. The van der Waals surface area contributed by atoms with Gasteiger partial charge in [-0.3, -0.25) is 14.4 Å². The number of hydrogen-bond donors (Lipinski definition) is 2. The summed E-state index contributed by atoms with van der Waals surface area (Å²) in [5.74, 6) is -1.82. The summed E-state index contributed by atoms with van der Waals surface area (Å²) in [5, 5.41) is 14.2. The summed E-state index contributed by atoms with van der Waals surface area (Å²) in [6.07, 6.45) is 0. The van der Waals surface area contributed by atoms with Gasteiger partial charge in [0.25, 0.3) is 11.8 Å². The van der Waals surface area contributed by atoms with Crippen molar-refractivity contribution in [2.45, 2.75) is 6.92 Å². The summed E-state index contributed by atoms with van der Waals surface area (Å²) in [6, 6.07) is 13.2. The fourth-order valence-corrected chi connectivity index (χ4v) is 2.31. The molecule has 0 aliphatic carbocycles. The van der Waals surface area contributed by atoms with Crippen LogP contribution in [-0.4, -0.2) is 30.9 Å². The van der Waals surface area contributed by atoms with Crippen molar-refractivity contribution in [2.24, 2.45) is 0 Å². The smallest absolute Gasteiger partial charge is 0.325 e. The largest absolute Gasteiger partial charge is 0.454 e. The lowest BCUT2D eigenvalue weighted by molar-refractivity contribution is -0.146. The van der Waals surface area contributed by atoms with E-state index in [1.807, 2.05) is 19.1 Å². The molecule has 0 aliphatic heterocycles. The zero-order valence-electron chi connectivity index (χ0n) is 14.4. The second-order valence-corrected chi connectivity index (χ2v) is 6.00. The number of rotatable bonds is 6. The van der Waals surface area contributed by atoms with Crippen molar-refractivity contribution in [1.82, 2.24) is 5.32 Å². The Morgan fingerprint density at radius 1 is 1.19 bits per heavy atom. The fraction of sp³-hybridized carbons (Fsp3) is 0.158. The molecule has 0 atom stereocenters. The normalized spacial score (nSPS) is 9.81. The molecule has 0 radical (unpaired) electrons. The fourth-order valence-electron chi connectivity index (χ4n) is 2.14. The standard InChI is InChI=1S/C19H16ClN3O4/c1-12-3-2-4-13(7-12)19(26)22-10-18(25)27-11-17(24)23-16-8-15(20)6-5-14(16)9-21/h2-8H,10-11H2,1H3,(H,22,26)(H,23,24). The molecule has 0 fully saturated rings. The molecule has 0 saturated heterocycles. The molecule has 2 amide bonds. The lowest BCUT2D eigenvalue weighted by Crippen LogP contribution is -2.32. The van der Waals surface area contributed by atoms with Gasteiger partial charge in [0.1, 0.15) is 12.6 Å². The number of carbonyl (C=O) groups excluding carboxylic acids is 3. The van der Waals surface area contributed by atoms with Gasteiger partial charge < -0.3 is 15.4 Å². The molecule has 138 valence electrons. The van der Waals surface area contributed by atoms with Crippen LogP contribution in [-0.2, 0) is 14.3 Å². The number of benzene rings is 2. The molecule has 27 heavy (non-hydrogen) atoms. The minimum absolute atomic E-state index is 0.221. The molecule has 0 saturated carbocycles. The Morgan fingerprint density at radius 2 is 1.96 bits per heavy atom. The minimum atomic E-state index is -0.766. The van der Waals surface area contributed by atoms with Crippen LogP contribution in [0.4, 0.5) is 5.69 Å². The van der Waals surface area contributed by atoms with E-state index in [1.165, 1.54) is 18.2 Å². The van der Waals surface area contributed by atoms with Gasteiger partial charge in [-0.15, -0.1) is 0 Å². The van der Waals surface area contributed by atoms with Crippen LogP contribution in [0, 0.1) is 18.3 Å². The van der Waals surface area contributed by atoms with Crippen molar-refractivity contribution >= 4 is 35.1 Å². The van der Waals surface area contributed by atoms with Crippen LogP contribution in [0.25, 0.3) is 0 Å². The quantitative estimate of drug-likeness (QED) is 0.742. The first-order valence-corrected chi connectivity index (χ1v) is 8.27. The van der Waals surface area contributed by atoms with Crippen molar-refractivity contribution in [3.8, 4) is 6.07 Å². The van der Waals surface area contributed by atoms with Crippen molar-refractivity contribution in [1.29, 1.82) is 5.26 Å². The van der Waals surface area contributed by atoms with Gasteiger partial charge in [0, 0.05) is 10.6 Å². The van der Waals surface area contributed by atoms with E-state index in [-0.39, 0.29) is 17.8 Å². The lowest BCUT2D eigenvalue weighted by atomic mass is 10.1. The zero-order valence-corrected chi connectivity index (χ0v) is 15.2. The number of nitrogens with zero attached hydrogens (tertiary/aromatic N) is 1. The maximum atomic E-state index is 11.9. The van der Waals surface area contributed by atoms with Gasteiger partial charge in [0.2, 0.25) is 0 Å². The van der Waals surface area contributed by atoms with Gasteiger partial charge >= 0.3 is 5.97 Å². The zero-order chi connectivity index (χ0) is 19.8. The van der Waals surface area contributed by atoms with E-state index < -0.39 is 24.4 Å². The Balaban J connectivity index is 1.80. The predicted molar refractivity (Wildman–Crippen MR) is 99.3 cm³/mol. The van der Waals surface area contributed by atoms with Gasteiger partial charge in [-0.2, -0.15) is 5.26 Å². The Bertz CT molecular complexity index is 921. The molecule has 0 bridgehead atoms. The Labute approximate surface area is 160 Å². The maximum Gasteiger partial charge on any atom is 0.325 e. The second-order valence-electron chi connectivity index (χ2n) is 5.56. The predicted octanol–water partition coefficient (Wildman–Crippen LogP) is 2.43. The van der Waals surface area contributed by atoms with Crippen LogP contribution in [0.5, 0.6) is 0 Å². The molecule has 7 nitrogen and oxygen atoms in total.